The molecule has 0 aliphatic carbocycles. The Bertz CT molecular complexity index is 491. The molecule has 2 rings (SSSR count). The number of carboxylic acid groups (broad SMARTS) is 1. The largest absolute Gasteiger partial charge is 0.475 e. The van der Waals surface area contributed by atoms with Gasteiger partial charge in [0.15, 0.2) is 5.76 Å². The van der Waals surface area contributed by atoms with Crippen LogP contribution in [0.2, 0.25) is 0 Å². The number of carboxylic acids is 1. The van der Waals surface area contributed by atoms with Gasteiger partial charge in [-0.3, -0.25) is 4.68 Å². The van der Waals surface area contributed by atoms with Crippen molar-refractivity contribution in [3.8, 4) is 11.5 Å². The van der Waals surface area contributed by atoms with Crippen LogP contribution in [0.1, 0.15) is 16.2 Å². The Balaban J connectivity index is 2.41. The summed E-state index contributed by atoms with van der Waals surface area (Å²) in [5.74, 6) is -0.682. The molecule has 5 heteroatoms. The first kappa shape index (κ1) is 9.51. The third kappa shape index (κ3) is 1.63. The molecule has 5 nitrogen and oxygen atoms in total. The van der Waals surface area contributed by atoms with Crippen LogP contribution < -0.4 is 0 Å². The number of hydrogen-bond acceptors (Lipinski definition) is 3. The normalized spacial score (nSPS) is 10.5. The lowest BCUT2D eigenvalue weighted by Gasteiger charge is -1.90. The molecule has 1 N–H and O–H groups in total. The topological polar surface area (TPSA) is 68.3 Å². The van der Waals surface area contributed by atoms with Crippen molar-refractivity contribution in [3.63, 3.8) is 0 Å². The number of aryl methyl sites for hydroxylation is 2. The van der Waals surface area contributed by atoms with E-state index in [1.165, 1.54) is 6.07 Å². The predicted molar refractivity (Wildman–Crippen MR) is 52.6 cm³/mol. The fourth-order valence-electron chi connectivity index (χ4n) is 1.27. The van der Waals surface area contributed by atoms with Crippen molar-refractivity contribution in [2.45, 2.75) is 6.92 Å². The molecule has 0 unspecified atom stereocenters. The molecule has 2 aromatic heterocycles. The molecular formula is C10H10N2O3. The van der Waals surface area contributed by atoms with E-state index in [1.807, 2.05) is 20.0 Å². The molecule has 0 atom stereocenters. The summed E-state index contributed by atoms with van der Waals surface area (Å²) in [5, 5.41) is 12.9. The van der Waals surface area contributed by atoms with Crippen LogP contribution in [-0.4, -0.2) is 20.9 Å². The van der Waals surface area contributed by atoms with Gasteiger partial charge in [0, 0.05) is 12.7 Å². The highest BCUT2D eigenvalue weighted by Gasteiger charge is 2.12. The summed E-state index contributed by atoms with van der Waals surface area (Å²) in [7, 11) is 1.82. The monoisotopic (exact) mass is 206 g/mol. The number of carbonyl (C=O) groups is 1. The van der Waals surface area contributed by atoms with Crippen LogP contribution >= 0.6 is 0 Å². The number of furan rings is 1. The van der Waals surface area contributed by atoms with Gasteiger partial charge >= 0.3 is 5.97 Å². The highest BCUT2D eigenvalue weighted by molar-refractivity contribution is 5.85. The fourth-order valence-corrected chi connectivity index (χ4v) is 1.27. The van der Waals surface area contributed by atoms with Gasteiger partial charge < -0.3 is 9.52 Å². The second-order valence-corrected chi connectivity index (χ2v) is 3.26. The van der Waals surface area contributed by atoms with E-state index in [0.29, 0.717) is 11.5 Å². The molecule has 78 valence electrons. The van der Waals surface area contributed by atoms with Crippen LogP contribution in [0.25, 0.3) is 11.5 Å². The fraction of sp³-hybridized carbons (Fsp3) is 0.200. The highest BCUT2D eigenvalue weighted by atomic mass is 16.4. The van der Waals surface area contributed by atoms with Crippen molar-refractivity contribution in [2.75, 3.05) is 0 Å². The summed E-state index contributed by atoms with van der Waals surface area (Å²) < 4.78 is 6.83. The second-order valence-electron chi connectivity index (χ2n) is 3.26. The lowest BCUT2D eigenvalue weighted by atomic mass is 10.3. The molecule has 0 aliphatic heterocycles. The van der Waals surface area contributed by atoms with Gasteiger partial charge in [0.05, 0.1) is 0 Å². The summed E-state index contributed by atoms with van der Waals surface area (Å²) in [5.41, 5.74) is 1.63. The molecule has 0 bridgehead atoms. The van der Waals surface area contributed by atoms with Crippen LogP contribution in [0.3, 0.4) is 0 Å². The van der Waals surface area contributed by atoms with Gasteiger partial charge in [-0.1, -0.05) is 0 Å². The number of nitrogens with zero attached hydrogens (tertiary/aromatic N) is 2. The first-order valence-electron chi connectivity index (χ1n) is 4.42. The summed E-state index contributed by atoms with van der Waals surface area (Å²) >= 11 is 0. The van der Waals surface area contributed by atoms with Crippen LogP contribution in [0.15, 0.2) is 22.6 Å². The molecule has 0 aromatic carbocycles. The summed E-state index contributed by atoms with van der Waals surface area (Å²) in [6, 6.07) is 4.86. The molecule has 0 saturated heterocycles. The van der Waals surface area contributed by atoms with Gasteiger partial charge in [-0.25, -0.2) is 4.79 Å². The molecule has 0 saturated carbocycles. The van der Waals surface area contributed by atoms with Crippen molar-refractivity contribution in [3.05, 3.63) is 29.7 Å². The van der Waals surface area contributed by atoms with Gasteiger partial charge in [0.2, 0.25) is 5.76 Å². The predicted octanol–water partition coefficient (Wildman–Crippen LogP) is 1.69. The standard InChI is InChI=1S/C10H10N2O3/c1-6-5-7(11-12(6)2)8-3-4-9(15-8)10(13)14/h3-5H,1-2H3,(H,13,14). The van der Waals surface area contributed by atoms with Gasteiger partial charge in [0.25, 0.3) is 0 Å². The van der Waals surface area contributed by atoms with E-state index in [9.17, 15) is 4.79 Å². The van der Waals surface area contributed by atoms with Crippen molar-refractivity contribution in [2.24, 2.45) is 7.05 Å². The van der Waals surface area contributed by atoms with Crippen LogP contribution in [0, 0.1) is 6.92 Å². The zero-order valence-electron chi connectivity index (χ0n) is 8.39. The van der Waals surface area contributed by atoms with E-state index in [2.05, 4.69) is 5.10 Å². The lowest BCUT2D eigenvalue weighted by Crippen LogP contribution is -1.92. The quantitative estimate of drug-likeness (QED) is 0.811. The van der Waals surface area contributed by atoms with E-state index >= 15 is 0 Å². The van der Waals surface area contributed by atoms with E-state index < -0.39 is 5.97 Å². The van der Waals surface area contributed by atoms with E-state index in [0.717, 1.165) is 5.69 Å². The lowest BCUT2D eigenvalue weighted by molar-refractivity contribution is 0.0663. The Kier molecular flexibility index (Phi) is 2.07. The third-order valence-electron chi connectivity index (χ3n) is 2.18. The molecule has 0 fully saturated rings. The molecular weight excluding hydrogens is 196 g/mol. The number of aromatic carboxylic acids is 1. The highest BCUT2D eigenvalue weighted by Crippen LogP contribution is 2.21. The minimum atomic E-state index is -1.08. The smallest absolute Gasteiger partial charge is 0.371 e. The zero-order chi connectivity index (χ0) is 11.0. The van der Waals surface area contributed by atoms with Crippen molar-refractivity contribution >= 4 is 5.97 Å². The first-order chi connectivity index (χ1) is 7.08. The van der Waals surface area contributed by atoms with E-state index in [-0.39, 0.29) is 5.76 Å². The minimum Gasteiger partial charge on any atom is -0.475 e. The SMILES string of the molecule is Cc1cc(-c2ccc(C(=O)O)o2)nn1C. The number of aromatic nitrogens is 2. The maximum atomic E-state index is 10.6. The Morgan fingerprint density at radius 3 is 2.73 bits per heavy atom. The molecule has 2 aromatic rings. The van der Waals surface area contributed by atoms with Crippen molar-refractivity contribution in [1.82, 2.24) is 9.78 Å². The van der Waals surface area contributed by atoms with Crippen LogP contribution in [0.5, 0.6) is 0 Å². The third-order valence-corrected chi connectivity index (χ3v) is 2.18. The number of hydrogen-bond donors (Lipinski definition) is 1. The maximum absolute atomic E-state index is 10.6. The average Bonchev–Trinajstić information content (AvgIpc) is 2.74. The van der Waals surface area contributed by atoms with Crippen molar-refractivity contribution in [1.29, 1.82) is 0 Å². The Morgan fingerprint density at radius 2 is 2.27 bits per heavy atom. The van der Waals surface area contributed by atoms with Gasteiger partial charge in [0.1, 0.15) is 5.69 Å². The van der Waals surface area contributed by atoms with Gasteiger partial charge in [-0.2, -0.15) is 5.10 Å². The molecule has 15 heavy (non-hydrogen) atoms. The maximum Gasteiger partial charge on any atom is 0.371 e. The number of rotatable bonds is 2. The second kappa shape index (κ2) is 3.27. The summed E-state index contributed by atoms with van der Waals surface area (Å²) in [4.78, 5) is 10.6. The Morgan fingerprint density at radius 1 is 1.53 bits per heavy atom. The Labute approximate surface area is 85.9 Å². The molecule has 0 aliphatic rings. The van der Waals surface area contributed by atoms with E-state index in [1.54, 1.807) is 10.7 Å². The van der Waals surface area contributed by atoms with E-state index in [4.69, 9.17) is 9.52 Å². The van der Waals surface area contributed by atoms with Crippen molar-refractivity contribution < 1.29 is 14.3 Å². The summed E-state index contributed by atoms with van der Waals surface area (Å²) in [6.07, 6.45) is 0. The van der Waals surface area contributed by atoms with Crippen LogP contribution in [-0.2, 0) is 7.05 Å². The molecule has 0 radical (unpaired) electrons. The van der Waals surface area contributed by atoms with Gasteiger partial charge in [-0.05, 0) is 25.1 Å². The van der Waals surface area contributed by atoms with Gasteiger partial charge in [-0.15, -0.1) is 0 Å². The molecule has 0 spiro atoms. The van der Waals surface area contributed by atoms with Crippen LogP contribution in [0.4, 0.5) is 0 Å². The Hall–Kier alpha value is -2.04. The summed E-state index contributed by atoms with van der Waals surface area (Å²) in [6.45, 7) is 1.91. The zero-order valence-corrected chi connectivity index (χ0v) is 8.39. The minimum absolute atomic E-state index is 0.0756. The molecule has 0 amide bonds. The molecule has 2 heterocycles. The average molecular weight is 206 g/mol. The first-order valence-corrected chi connectivity index (χ1v) is 4.42.